The van der Waals surface area contributed by atoms with Crippen LogP contribution in [0.25, 0.3) is 0 Å². The van der Waals surface area contributed by atoms with Crippen molar-refractivity contribution in [3.8, 4) is 0 Å². The number of rotatable bonds is 0. The Bertz CT molecular complexity index is 217. The summed E-state index contributed by atoms with van der Waals surface area (Å²) in [6.07, 6.45) is 0. The van der Waals surface area contributed by atoms with Crippen molar-refractivity contribution in [1.29, 1.82) is 5.41 Å². The molecule has 1 heterocycles. The molecule has 3 nitrogen and oxygen atoms in total. The van der Waals surface area contributed by atoms with E-state index < -0.39 is 0 Å². The maximum absolute atomic E-state index is 8.10. The Morgan fingerprint density at radius 3 is 2.29 bits per heavy atom. The van der Waals surface area contributed by atoms with Crippen LogP contribution in [0.5, 0.6) is 0 Å². The van der Waals surface area contributed by atoms with Gasteiger partial charge in [-0.15, -0.1) is 0 Å². The molecule has 1 unspecified atom stereocenters. The number of nitrogens with one attached hydrogen (secondary N) is 1. The minimum absolute atomic E-state index is 0.0182. The first-order valence-corrected chi connectivity index (χ1v) is 5.36. The van der Waals surface area contributed by atoms with Gasteiger partial charge in [0, 0.05) is 31.1 Å². The van der Waals surface area contributed by atoms with Gasteiger partial charge in [-0.2, -0.15) is 0 Å². The standard InChI is InChI=1S/C11H23N3/c1-9-8-14(7-6-13(9)5)10(12)11(2,3)4/h9,12H,6-8H2,1-5H3. The van der Waals surface area contributed by atoms with Gasteiger partial charge in [-0.3, -0.25) is 5.41 Å². The lowest BCUT2D eigenvalue weighted by Gasteiger charge is -2.41. The Morgan fingerprint density at radius 1 is 1.29 bits per heavy atom. The molecule has 0 saturated carbocycles. The second-order valence-electron chi connectivity index (χ2n) is 5.37. The van der Waals surface area contributed by atoms with E-state index in [4.69, 9.17) is 5.41 Å². The zero-order valence-corrected chi connectivity index (χ0v) is 10.1. The van der Waals surface area contributed by atoms with Crippen LogP contribution in [0.2, 0.25) is 0 Å². The molecule has 1 aliphatic heterocycles. The van der Waals surface area contributed by atoms with Crippen LogP contribution in [0.1, 0.15) is 27.7 Å². The summed E-state index contributed by atoms with van der Waals surface area (Å²) < 4.78 is 0. The van der Waals surface area contributed by atoms with Gasteiger partial charge in [-0.05, 0) is 14.0 Å². The zero-order valence-electron chi connectivity index (χ0n) is 10.1. The van der Waals surface area contributed by atoms with Crippen LogP contribution < -0.4 is 0 Å². The van der Waals surface area contributed by atoms with Gasteiger partial charge < -0.3 is 9.80 Å². The quantitative estimate of drug-likeness (QED) is 0.473. The molecule has 0 radical (unpaired) electrons. The monoisotopic (exact) mass is 197 g/mol. The molecule has 0 amide bonds. The normalized spacial score (nSPS) is 25.2. The lowest BCUT2D eigenvalue weighted by atomic mass is 9.93. The fourth-order valence-corrected chi connectivity index (χ4v) is 1.73. The summed E-state index contributed by atoms with van der Waals surface area (Å²) in [6, 6.07) is 0.562. The molecule has 1 aliphatic rings. The Hall–Kier alpha value is -0.570. The lowest BCUT2D eigenvalue weighted by Crippen LogP contribution is -2.54. The summed E-state index contributed by atoms with van der Waals surface area (Å²) in [5.74, 6) is 0.775. The van der Waals surface area contributed by atoms with Crippen molar-refractivity contribution in [3.63, 3.8) is 0 Å². The van der Waals surface area contributed by atoms with Gasteiger partial charge in [0.25, 0.3) is 0 Å². The molecular formula is C11H23N3. The Morgan fingerprint density at radius 2 is 1.86 bits per heavy atom. The highest BCUT2D eigenvalue weighted by Gasteiger charge is 2.28. The van der Waals surface area contributed by atoms with E-state index in [0.717, 1.165) is 25.5 Å². The van der Waals surface area contributed by atoms with Crippen molar-refractivity contribution in [1.82, 2.24) is 9.80 Å². The van der Waals surface area contributed by atoms with Gasteiger partial charge in [-0.1, -0.05) is 20.8 Å². The first-order valence-electron chi connectivity index (χ1n) is 5.36. The SMILES string of the molecule is CC1CN(C(=N)C(C)(C)C)CCN1C. The average molecular weight is 197 g/mol. The van der Waals surface area contributed by atoms with Crippen LogP contribution in [0.15, 0.2) is 0 Å². The van der Waals surface area contributed by atoms with Crippen LogP contribution in [0.3, 0.4) is 0 Å². The molecule has 1 atom stereocenters. The molecule has 1 saturated heterocycles. The highest BCUT2D eigenvalue weighted by atomic mass is 15.3. The highest BCUT2D eigenvalue weighted by molar-refractivity contribution is 5.84. The van der Waals surface area contributed by atoms with Crippen LogP contribution in [0, 0.1) is 10.8 Å². The van der Waals surface area contributed by atoms with E-state index in [0.29, 0.717) is 6.04 Å². The molecule has 1 rings (SSSR count). The average Bonchev–Trinajstić information content (AvgIpc) is 2.07. The summed E-state index contributed by atoms with van der Waals surface area (Å²) in [7, 11) is 2.16. The Kier molecular flexibility index (Phi) is 3.20. The molecule has 0 aromatic carbocycles. The van der Waals surface area contributed by atoms with Crippen molar-refractivity contribution in [3.05, 3.63) is 0 Å². The van der Waals surface area contributed by atoms with Crippen LogP contribution in [0.4, 0.5) is 0 Å². The van der Waals surface area contributed by atoms with E-state index in [-0.39, 0.29) is 5.41 Å². The smallest absolute Gasteiger partial charge is 0.101 e. The molecule has 82 valence electrons. The molecular weight excluding hydrogens is 174 g/mol. The van der Waals surface area contributed by atoms with E-state index in [1.54, 1.807) is 0 Å². The van der Waals surface area contributed by atoms with E-state index in [9.17, 15) is 0 Å². The first-order chi connectivity index (χ1) is 6.32. The van der Waals surface area contributed by atoms with Crippen molar-refractivity contribution >= 4 is 5.84 Å². The summed E-state index contributed by atoms with van der Waals surface area (Å²) >= 11 is 0. The zero-order chi connectivity index (χ0) is 10.9. The summed E-state index contributed by atoms with van der Waals surface area (Å²) in [6.45, 7) is 11.6. The maximum Gasteiger partial charge on any atom is 0.101 e. The van der Waals surface area contributed by atoms with E-state index in [1.807, 2.05) is 0 Å². The van der Waals surface area contributed by atoms with Crippen molar-refractivity contribution < 1.29 is 0 Å². The van der Waals surface area contributed by atoms with Gasteiger partial charge in [0.1, 0.15) is 5.84 Å². The highest BCUT2D eigenvalue weighted by Crippen LogP contribution is 2.20. The fraction of sp³-hybridized carbons (Fsp3) is 0.909. The van der Waals surface area contributed by atoms with Crippen LogP contribution in [-0.2, 0) is 0 Å². The third-order valence-electron chi connectivity index (χ3n) is 2.99. The number of hydrogen-bond donors (Lipinski definition) is 1. The molecule has 14 heavy (non-hydrogen) atoms. The molecule has 0 bridgehead atoms. The van der Waals surface area contributed by atoms with Gasteiger partial charge >= 0.3 is 0 Å². The molecule has 1 N–H and O–H groups in total. The third kappa shape index (κ3) is 2.47. The van der Waals surface area contributed by atoms with Crippen molar-refractivity contribution in [2.75, 3.05) is 26.7 Å². The number of hydrogen-bond acceptors (Lipinski definition) is 2. The number of nitrogens with zero attached hydrogens (tertiary/aromatic N) is 2. The van der Waals surface area contributed by atoms with Crippen LogP contribution >= 0.6 is 0 Å². The molecule has 0 aromatic rings. The van der Waals surface area contributed by atoms with Gasteiger partial charge in [-0.25, -0.2) is 0 Å². The minimum Gasteiger partial charge on any atom is -0.357 e. The van der Waals surface area contributed by atoms with Crippen molar-refractivity contribution in [2.24, 2.45) is 5.41 Å². The second-order valence-corrected chi connectivity index (χ2v) is 5.37. The largest absolute Gasteiger partial charge is 0.357 e. The topological polar surface area (TPSA) is 30.3 Å². The summed E-state index contributed by atoms with van der Waals surface area (Å²) in [5, 5.41) is 8.10. The van der Waals surface area contributed by atoms with E-state index in [2.05, 4.69) is 44.5 Å². The molecule has 0 aliphatic carbocycles. The number of amidine groups is 1. The fourth-order valence-electron chi connectivity index (χ4n) is 1.73. The van der Waals surface area contributed by atoms with Gasteiger partial charge in [0.2, 0.25) is 0 Å². The van der Waals surface area contributed by atoms with Gasteiger partial charge in [0.05, 0.1) is 0 Å². The molecule has 0 spiro atoms. The molecule has 0 aromatic heterocycles. The molecule has 3 heteroatoms. The predicted molar refractivity (Wildman–Crippen MR) is 60.8 cm³/mol. The number of likely N-dealkylation sites (N-methyl/N-ethyl adjacent to an activating group) is 1. The van der Waals surface area contributed by atoms with E-state index in [1.165, 1.54) is 0 Å². The maximum atomic E-state index is 8.10. The second kappa shape index (κ2) is 3.89. The Balaban J connectivity index is 2.59. The Labute approximate surface area is 87.6 Å². The summed E-state index contributed by atoms with van der Waals surface area (Å²) in [4.78, 5) is 4.57. The van der Waals surface area contributed by atoms with Crippen molar-refractivity contribution in [2.45, 2.75) is 33.7 Å². The number of piperazine rings is 1. The summed E-state index contributed by atoms with van der Waals surface area (Å²) in [5.41, 5.74) is -0.0182. The first kappa shape index (κ1) is 11.5. The third-order valence-corrected chi connectivity index (χ3v) is 2.99. The molecule has 1 fully saturated rings. The predicted octanol–water partition coefficient (Wildman–Crippen LogP) is 1.65. The van der Waals surface area contributed by atoms with Gasteiger partial charge in [0.15, 0.2) is 0 Å². The lowest BCUT2D eigenvalue weighted by molar-refractivity contribution is 0.145. The van der Waals surface area contributed by atoms with Crippen LogP contribution in [-0.4, -0.2) is 48.4 Å². The van der Waals surface area contributed by atoms with E-state index >= 15 is 0 Å². The minimum atomic E-state index is -0.0182.